The molecule has 0 aromatic heterocycles. The summed E-state index contributed by atoms with van der Waals surface area (Å²) >= 11 is 0. The number of nitrogens with zero attached hydrogens (tertiary/aromatic N) is 1. The molecule has 0 aliphatic carbocycles. The highest BCUT2D eigenvalue weighted by atomic mass is 16.2. The highest BCUT2D eigenvalue weighted by Crippen LogP contribution is 2.18. The van der Waals surface area contributed by atoms with Crippen LogP contribution in [0.4, 0.5) is 0 Å². The van der Waals surface area contributed by atoms with Crippen LogP contribution < -0.4 is 5.73 Å². The minimum atomic E-state index is 0.106. The number of hydrogen-bond acceptors (Lipinski definition) is 2. The van der Waals surface area contributed by atoms with Gasteiger partial charge in [-0.1, -0.05) is 0 Å². The van der Waals surface area contributed by atoms with Gasteiger partial charge in [-0.25, -0.2) is 0 Å². The molecule has 1 aliphatic heterocycles. The largest absolute Gasteiger partial charge is 0.338 e. The maximum atomic E-state index is 11.2. The Morgan fingerprint density at radius 3 is 2.67 bits per heavy atom. The van der Waals surface area contributed by atoms with Crippen molar-refractivity contribution in [2.45, 2.75) is 45.2 Å². The second kappa shape index (κ2) is 3.90. The summed E-state index contributed by atoms with van der Waals surface area (Å²) in [5.74, 6) is 0.164. The lowest BCUT2D eigenvalue weighted by molar-refractivity contribution is -0.132. The molecule has 70 valence electrons. The molecule has 1 amide bonds. The zero-order chi connectivity index (χ0) is 9.14. The number of likely N-dealkylation sites (tertiary alicyclic amines) is 1. The van der Waals surface area contributed by atoms with Crippen molar-refractivity contribution in [3.05, 3.63) is 0 Å². The van der Waals surface area contributed by atoms with E-state index in [0.29, 0.717) is 0 Å². The van der Waals surface area contributed by atoms with Gasteiger partial charge in [0.2, 0.25) is 5.91 Å². The first-order chi connectivity index (χ1) is 5.63. The Bertz CT molecular complexity index is 168. The lowest BCUT2D eigenvalue weighted by Gasteiger charge is -2.37. The van der Waals surface area contributed by atoms with Gasteiger partial charge in [0.15, 0.2) is 0 Å². The van der Waals surface area contributed by atoms with Gasteiger partial charge in [-0.2, -0.15) is 0 Å². The molecule has 0 saturated carbocycles. The van der Waals surface area contributed by atoms with Gasteiger partial charge in [-0.05, 0) is 26.2 Å². The molecule has 3 heteroatoms. The van der Waals surface area contributed by atoms with Crippen LogP contribution in [0.1, 0.15) is 33.1 Å². The van der Waals surface area contributed by atoms with Crippen LogP contribution in [0.15, 0.2) is 0 Å². The average Bonchev–Trinajstić information content (AvgIpc) is 2.04. The summed E-state index contributed by atoms with van der Waals surface area (Å²) in [6, 6.07) is 0.380. The lowest BCUT2D eigenvalue weighted by atomic mass is 9.97. The first-order valence-corrected chi connectivity index (χ1v) is 4.65. The van der Waals surface area contributed by atoms with E-state index < -0.39 is 0 Å². The molecule has 1 aliphatic rings. The second-order valence-corrected chi connectivity index (χ2v) is 3.63. The van der Waals surface area contributed by atoms with E-state index in [1.165, 1.54) is 6.42 Å². The Kier molecular flexibility index (Phi) is 3.09. The SMILES string of the molecule is CC(=O)N1CCCCC1C(C)N. The summed E-state index contributed by atoms with van der Waals surface area (Å²) in [5, 5.41) is 0. The third kappa shape index (κ3) is 1.97. The fourth-order valence-corrected chi connectivity index (χ4v) is 1.89. The quantitative estimate of drug-likeness (QED) is 0.630. The molecule has 0 aromatic rings. The van der Waals surface area contributed by atoms with Gasteiger partial charge in [0.25, 0.3) is 0 Å². The van der Waals surface area contributed by atoms with E-state index in [-0.39, 0.29) is 18.0 Å². The first kappa shape index (κ1) is 9.52. The predicted molar refractivity (Wildman–Crippen MR) is 48.7 cm³/mol. The fourth-order valence-electron chi connectivity index (χ4n) is 1.89. The van der Waals surface area contributed by atoms with Crippen LogP contribution in [0.5, 0.6) is 0 Å². The van der Waals surface area contributed by atoms with E-state index in [4.69, 9.17) is 5.73 Å². The minimum Gasteiger partial charge on any atom is -0.338 e. The van der Waals surface area contributed by atoms with E-state index >= 15 is 0 Å². The predicted octanol–water partition coefficient (Wildman–Crippen LogP) is 0.735. The van der Waals surface area contributed by atoms with E-state index in [9.17, 15) is 4.79 Å². The summed E-state index contributed by atoms with van der Waals surface area (Å²) in [4.78, 5) is 13.1. The van der Waals surface area contributed by atoms with E-state index in [2.05, 4.69) is 0 Å². The maximum absolute atomic E-state index is 11.2. The smallest absolute Gasteiger partial charge is 0.219 e. The van der Waals surface area contributed by atoms with Gasteiger partial charge in [0.05, 0.1) is 0 Å². The number of nitrogens with two attached hydrogens (primary N) is 1. The third-order valence-electron chi connectivity index (χ3n) is 2.56. The molecule has 3 nitrogen and oxygen atoms in total. The average molecular weight is 170 g/mol. The van der Waals surface area contributed by atoms with Crippen LogP contribution in [0, 0.1) is 0 Å². The molecule has 1 heterocycles. The van der Waals surface area contributed by atoms with E-state index in [1.807, 2.05) is 11.8 Å². The standard InChI is InChI=1S/C9H18N2O/c1-7(10)9-5-3-4-6-11(9)8(2)12/h7,9H,3-6,10H2,1-2H3. The molecule has 0 radical (unpaired) electrons. The van der Waals surface area contributed by atoms with Crippen LogP contribution in [0.2, 0.25) is 0 Å². The Morgan fingerprint density at radius 2 is 2.25 bits per heavy atom. The van der Waals surface area contributed by atoms with Crippen molar-refractivity contribution < 1.29 is 4.79 Å². The molecule has 1 saturated heterocycles. The molecule has 2 N–H and O–H groups in total. The van der Waals surface area contributed by atoms with Gasteiger partial charge in [0.1, 0.15) is 0 Å². The van der Waals surface area contributed by atoms with Crippen LogP contribution >= 0.6 is 0 Å². The monoisotopic (exact) mass is 170 g/mol. The number of carbonyl (C=O) groups is 1. The zero-order valence-corrected chi connectivity index (χ0v) is 7.92. The van der Waals surface area contributed by atoms with Gasteiger partial charge in [-0.15, -0.1) is 0 Å². The molecule has 1 rings (SSSR count). The van der Waals surface area contributed by atoms with Gasteiger partial charge >= 0.3 is 0 Å². The van der Waals surface area contributed by atoms with Crippen molar-refractivity contribution in [1.82, 2.24) is 4.90 Å². The molecule has 2 unspecified atom stereocenters. The molecule has 0 bridgehead atoms. The summed E-state index contributed by atoms with van der Waals surface area (Å²) < 4.78 is 0. The summed E-state index contributed by atoms with van der Waals surface area (Å²) in [5.41, 5.74) is 5.80. The van der Waals surface area contributed by atoms with Gasteiger partial charge < -0.3 is 10.6 Å². The van der Waals surface area contributed by atoms with Crippen LogP contribution in [0.3, 0.4) is 0 Å². The Morgan fingerprint density at radius 1 is 1.58 bits per heavy atom. The molecule has 12 heavy (non-hydrogen) atoms. The van der Waals surface area contributed by atoms with Crippen molar-refractivity contribution in [2.24, 2.45) is 5.73 Å². The summed E-state index contributed by atoms with van der Waals surface area (Å²) in [6.07, 6.45) is 3.40. The van der Waals surface area contributed by atoms with Crippen LogP contribution in [-0.2, 0) is 4.79 Å². The number of rotatable bonds is 1. The Labute approximate surface area is 73.9 Å². The summed E-state index contributed by atoms with van der Waals surface area (Å²) in [6.45, 7) is 4.49. The molecule has 2 atom stereocenters. The second-order valence-electron chi connectivity index (χ2n) is 3.63. The van der Waals surface area contributed by atoms with Crippen molar-refractivity contribution in [3.8, 4) is 0 Å². The zero-order valence-electron chi connectivity index (χ0n) is 7.92. The Balaban J connectivity index is 2.60. The first-order valence-electron chi connectivity index (χ1n) is 4.65. The lowest BCUT2D eigenvalue weighted by Crippen LogP contribution is -2.50. The van der Waals surface area contributed by atoms with Crippen molar-refractivity contribution in [1.29, 1.82) is 0 Å². The number of piperidine rings is 1. The molecule has 0 spiro atoms. The number of carbonyl (C=O) groups excluding carboxylic acids is 1. The minimum absolute atomic E-state index is 0.106. The highest BCUT2D eigenvalue weighted by molar-refractivity contribution is 5.73. The van der Waals surface area contributed by atoms with Crippen molar-refractivity contribution in [3.63, 3.8) is 0 Å². The van der Waals surface area contributed by atoms with Gasteiger partial charge in [-0.3, -0.25) is 4.79 Å². The topological polar surface area (TPSA) is 46.3 Å². The summed E-state index contributed by atoms with van der Waals surface area (Å²) in [7, 11) is 0. The fraction of sp³-hybridized carbons (Fsp3) is 0.889. The van der Waals surface area contributed by atoms with Crippen molar-refractivity contribution >= 4 is 5.91 Å². The normalized spacial score (nSPS) is 26.9. The van der Waals surface area contributed by atoms with Crippen LogP contribution in [-0.4, -0.2) is 29.4 Å². The molecular weight excluding hydrogens is 152 g/mol. The van der Waals surface area contributed by atoms with Crippen LogP contribution in [0.25, 0.3) is 0 Å². The molecular formula is C9H18N2O. The third-order valence-corrected chi connectivity index (χ3v) is 2.56. The van der Waals surface area contributed by atoms with E-state index in [1.54, 1.807) is 6.92 Å². The highest BCUT2D eigenvalue weighted by Gasteiger charge is 2.26. The Hall–Kier alpha value is -0.570. The number of hydrogen-bond donors (Lipinski definition) is 1. The molecule has 0 aromatic carbocycles. The van der Waals surface area contributed by atoms with Crippen molar-refractivity contribution in [2.75, 3.05) is 6.54 Å². The molecule has 1 fully saturated rings. The number of amides is 1. The van der Waals surface area contributed by atoms with E-state index in [0.717, 1.165) is 19.4 Å². The maximum Gasteiger partial charge on any atom is 0.219 e. The van der Waals surface area contributed by atoms with Gasteiger partial charge in [0, 0.05) is 25.6 Å².